The monoisotopic (exact) mass is 534 g/mol. The van der Waals surface area contributed by atoms with Crippen LogP contribution in [-0.2, 0) is 20.9 Å². The molecule has 2 aromatic carbocycles. The van der Waals surface area contributed by atoms with Crippen LogP contribution in [0.1, 0.15) is 16.7 Å². The molecule has 0 saturated heterocycles. The van der Waals surface area contributed by atoms with Crippen molar-refractivity contribution in [2.24, 2.45) is 0 Å². The van der Waals surface area contributed by atoms with E-state index in [0.29, 0.717) is 11.5 Å². The Morgan fingerprint density at radius 3 is 1.91 bits per heavy atom. The molecule has 0 heterocycles. The molecule has 35 heavy (non-hydrogen) atoms. The van der Waals surface area contributed by atoms with Gasteiger partial charge < -0.3 is 23.1 Å². The zero-order valence-electron chi connectivity index (χ0n) is 23.0. The molecule has 6 nitrogen and oxygen atoms in total. The van der Waals surface area contributed by atoms with Gasteiger partial charge in [-0.25, -0.2) is 4.79 Å². The van der Waals surface area contributed by atoms with Gasteiger partial charge in [0.05, 0.1) is 29.4 Å². The number of aryl methyl sites for hydroxylation is 1. The van der Waals surface area contributed by atoms with Gasteiger partial charge in [-0.3, -0.25) is 0 Å². The Bertz CT molecular complexity index is 1020. The van der Waals surface area contributed by atoms with Crippen molar-refractivity contribution in [3.8, 4) is 17.2 Å². The molecule has 9 heteroatoms. The molecule has 0 saturated carbocycles. The van der Waals surface area contributed by atoms with E-state index in [1.165, 1.54) is 23.9 Å². The van der Waals surface area contributed by atoms with E-state index in [4.69, 9.17) is 18.3 Å². The van der Waals surface area contributed by atoms with Crippen molar-refractivity contribution in [3.63, 3.8) is 0 Å². The molecule has 194 valence electrons. The SMILES string of the molecule is COC(=O)Oc1ccc(C[Si](C)(C)O[Si](C)(C)C[Si](C)(C)Cc2ccc(C)c(OC)c2)cc1OC. The summed E-state index contributed by atoms with van der Waals surface area (Å²) in [6, 6.07) is 14.2. The molecule has 0 atom stereocenters. The number of carbonyl (C=O) groups is 1. The van der Waals surface area contributed by atoms with Crippen LogP contribution in [-0.4, -0.2) is 52.2 Å². The highest BCUT2D eigenvalue weighted by Gasteiger charge is 2.38. The normalized spacial score (nSPS) is 12.3. The first-order valence-electron chi connectivity index (χ1n) is 12.0. The Labute approximate surface area is 214 Å². The molecule has 0 bridgehead atoms. The molecule has 0 aliphatic carbocycles. The second kappa shape index (κ2) is 11.8. The molecule has 0 amide bonds. The van der Waals surface area contributed by atoms with Gasteiger partial charge in [-0.1, -0.05) is 31.3 Å². The van der Waals surface area contributed by atoms with Gasteiger partial charge in [-0.15, -0.1) is 0 Å². The fourth-order valence-corrected chi connectivity index (χ4v) is 24.5. The van der Waals surface area contributed by atoms with Crippen molar-refractivity contribution in [2.75, 3.05) is 21.3 Å². The fourth-order valence-electron chi connectivity index (χ4n) is 5.09. The summed E-state index contributed by atoms with van der Waals surface area (Å²) in [4.78, 5) is 11.5. The maximum Gasteiger partial charge on any atom is 0.513 e. The molecular weight excluding hydrogens is 493 g/mol. The van der Waals surface area contributed by atoms with Crippen LogP contribution in [0.25, 0.3) is 0 Å². The lowest BCUT2D eigenvalue weighted by atomic mass is 10.1. The number of hydrogen-bond acceptors (Lipinski definition) is 6. The lowest BCUT2D eigenvalue weighted by molar-refractivity contribution is 0.120. The number of benzene rings is 2. The smallest absolute Gasteiger partial charge is 0.496 e. The fraction of sp³-hybridized carbons (Fsp3) is 0.500. The summed E-state index contributed by atoms with van der Waals surface area (Å²) in [5, 5.41) is 0. The number of methoxy groups -OCH3 is 3. The highest BCUT2D eigenvalue weighted by Crippen LogP contribution is 2.32. The van der Waals surface area contributed by atoms with Gasteiger partial charge in [0.1, 0.15) is 5.75 Å². The van der Waals surface area contributed by atoms with E-state index in [1.54, 1.807) is 20.3 Å². The first kappa shape index (κ1) is 29.2. The quantitative estimate of drug-likeness (QED) is 0.182. The van der Waals surface area contributed by atoms with E-state index in [1.807, 2.05) is 12.1 Å². The van der Waals surface area contributed by atoms with Gasteiger partial charge in [0, 0.05) is 0 Å². The van der Waals surface area contributed by atoms with Crippen LogP contribution >= 0.6 is 0 Å². The first-order chi connectivity index (χ1) is 16.2. The average molecular weight is 535 g/mol. The highest BCUT2D eigenvalue weighted by molar-refractivity contribution is 6.95. The van der Waals surface area contributed by atoms with Gasteiger partial charge in [-0.2, -0.15) is 0 Å². The molecule has 0 fully saturated rings. The lowest BCUT2D eigenvalue weighted by Gasteiger charge is -2.38. The minimum atomic E-state index is -2.01. The van der Waals surface area contributed by atoms with Crippen LogP contribution in [0, 0.1) is 6.92 Å². The van der Waals surface area contributed by atoms with E-state index in [0.717, 1.165) is 23.4 Å². The summed E-state index contributed by atoms with van der Waals surface area (Å²) >= 11 is 0. The Morgan fingerprint density at radius 2 is 1.31 bits per heavy atom. The summed E-state index contributed by atoms with van der Waals surface area (Å²) in [7, 11) is -0.871. The molecule has 0 aliphatic heterocycles. The lowest BCUT2D eigenvalue weighted by Crippen LogP contribution is -2.51. The highest BCUT2D eigenvalue weighted by atomic mass is 28.4. The Balaban J connectivity index is 2.09. The van der Waals surface area contributed by atoms with Gasteiger partial charge >= 0.3 is 6.16 Å². The molecule has 0 radical (unpaired) electrons. The standard InChI is InChI=1S/C26H42O6Si3/c1-20-11-12-21(15-24(20)28-2)17-33(5,6)19-35(9,10)32-34(7,8)18-22-13-14-23(25(16-22)29-3)31-26(27)30-4/h11-16H,17-19H2,1-10H3. The third kappa shape index (κ3) is 9.14. The van der Waals surface area contributed by atoms with E-state index >= 15 is 0 Å². The predicted octanol–water partition coefficient (Wildman–Crippen LogP) is 6.70. The van der Waals surface area contributed by atoms with Crippen molar-refractivity contribution in [3.05, 3.63) is 53.1 Å². The molecule has 0 aromatic heterocycles. The molecule has 2 rings (SSSR count). The van der Waals surface area contributed by atoms with Crippen LogP contribution in [0.5, 0.6) is 17.2 Å². The summed E-state index contributed by atoms with van der Waals surface area (Å²) in [6.45, 7) is 16.3. The first-order valence-corrected chi connectivity index (χ1v) is 21.6. The maximum atomic E-state index is 11.5. The van der Waals surface area contributed by atoms with E-state index in [-0.39, 0.29) is 0 Å². The molecule has 0 aliphatic rings. The van der Waals surface area contributed by atoms with Gasteiger partial charge in [-0.05, 0) is 85.8 Å². The van der Waals surface area contributed by atoms with Crippen molar-refractivity contribution in [2.45, 2.75) is 64.0 Å². The van der Waals surface area contributed by atoms with Crippen molar-refractivity contribution in [1.29, 1.82) is 0 Å². The summed E-state index contributed by atoms with van der Waals surface area (Å²) in [5.74, 6) is 1.82. The Hall–Kier alpha value is -2.08. The van der Waals surface area contributed by atoms with E-state index < -0.39 is 30.9 Å². The summed E-state index contributed by atoms with van der Waals surface area (Å²) in [6.07, 6.45) is -0.766. The molecule has 2 aromatic rings. The van der Waals surface area contributed by atoms with Crippen LogP contribution in [0.15, 0.2) is 36.4 Å². The minimum Gasteiger partial charge on any atom is -0.496 e. The number of rotatable bonds is 11. The third-order valence-electron chi connectivity index (χ3n) is 5.83. The number of carbonyl (C=O) groups excluding carboxylic acids is 1. The Morgan fingerprint density at radius 1 is 0.743 bits per heavy atom. The average Bonchev–Trinajstić information content (AvgIpc) is 2.73. The van der Waals surface area contributed by atoms with Crippen molar-refractivity contribution < 1.29 is 27.9 Å². The molecule has 0 N–H and O–H groups in total. The van der Waals surface area contributed by atoms with E-state index in [9.17, 15) is 4.79 Å². The summed E-state index contributed by atoms with van der Waals surface area (Å²) < 4.78 is 27.7. The topological polar surface area (TPSA) is 63.2 Å². The molecule has 0 unspecified atom stereocenters. The number of hydrogen-bond donors (Lipinski definition) is 0. The Kier molecular flexibility index (Phi) is 9.80. The van der Waals surface area contributed by atoms with Crippen LogP contribution in [0.4, 0.5) is 4.79 Å². The predicted molar refractivity (Wildman–Crippen MR) is 150 cm³/mol. The third-order valence-corrected chi connectivity index (χ3v) is 20.1. The van der Waals surface area contributed by atoms with Crippen molar-refractivity contribution >= 4 is 30.9 Å². The van der Waals surface area contributed by atoms with Crippen LogP contribution in [0.3, 0.4) is 0 Å². The largest absolute Gasteiger partial charge is 0.513 e. The zero-order valence-corrected chi connectivity index (χ0v) is 26.0. The summed E-state index contributed by atoms with van der Waals surface area (Å²) in [5.41, 5.74) is 4.83. The zero-order chi connectivity index (χ0) is 26.4. The van der Waals surface area contributed by atoms with Gasteiger partial charge in [0.15, 0.2) is 28.1 Å². The van der Waals surface area contributed by atoms with Crippen molar-refractivity contribution in [1.82, 2.24) is 0 Å². The van der Waals surface area contributed by atoms with Gasteiger partial charge in [0.25, 0.3) is 0 Å². The molecule has 0 spiro atoms. The molecular formula is C26H42O6Si3. The number of ether oxygens (including phenoxy) is 4. The van der Waals surface area contributed by atoms with Crippen LogP contribution in [0.2, 0.25) is 44.9 Å². The second-order valence-corrected chi connectivity index (χ2v) is 25.5. The van der Waals surface area contributed by atoms with Gasteiger partial charge in [0.2, 0.25) is 0 Å². The minimum absolute atomic E-state index is 0.346. The van der Waals surface area contributed by atoms with Crippen LogP contribution < -0.4 is 14.2 Å². The maximum absolute atomic E-state index is 11.5. The van der Waals surface area contributed by atoms with E-state index in [2.05, 4.69) is 69.1 Å². The second-order valence-electron chi connectivity index (χ2n) is 11.2.